The predicted molar refractivity (Wildman–Crippen MR) is 162 cm³/mol. The Morgan fingerprint density at radius 2 is 1.79 bits per heavy atom. The molecule has 1 aliphatic heterocycles. The summed E-state index contributed by atoms with van der Waals surface area (Å²) in [5, 5.41) is 0.453. The van der Waals surface area contributed by atoms with E-state index in [0.717, 1.165) is 0 Å². The van der Waals surface area contributed by atoms with Crippen LogP contribution < -0.4 is 19.9 Å². The van der Waals surface area contributed by atoms with E-state index < -0.39 is 23.5 Å². The molecule has 0 saturated heterocycles. The number of halogens is 2. The minimum atomic E-state index is -0.747. The van der Waals surface area contributed by atoms with Crippen LogP contribution in [0, 0.1) is 0 Å². The van der Waals surface area contributed by atoms with E-state index >= 15 is 0 Å². The summed E-state index contributed by atoms with van der Waals surface area (Å²) >= 11 is 12.6. The average molecular weight is 626 g/mol. The molecule has 4 heterocycles. The Kier molecular flexibility index (Phi) is 8.22. The summed E-state index contributed by atoms with van der Waals surface area (Å²) in [4.78, 5) is 51.0. The number of aromatic nitrogens is 4. The van der Waals surface area contributed by atoms with E-state index in [2.05, 4.69) is 9.97 Å². The third kappa shape index (κ3) is 5.02. The van der Waals surface area contributed by atoms with Crippen molar-refractivity contribution in [3.8, 4) is 23.1 Å². The van der Waals surface area contributed by atoms with Gasteiger partial charge in [-0.05, 0) is 44.5 Å². The lowest BCUT2D eigenvalue weighted by Crippen LogP contribution is -2.32. The van der Waals surface area contributed by atoms with Gasteiger partial charge in [0.2, 0.25) is 5.88 Å². The lowest BCUT2D eigenvalue weighted by molar-refractivity contribution is 0.0524. The van der Waals surface area contributed by atoms with E-state index in [1.165, 1.54) is 42.1 Å². The number of carbonyl (C=O) groups excluding carboxylic acids is 2. The Morgan fingerprint density at radius 1 is 1.09 bits per heavy atom. The molecule has 1 amide bonds. The summed E-state index contributed by atoms with van der Waals surface area (Å²) in [6.45, 7) is 5.63. The molecular formula is C30H29Cl2N5O6. The van der Waals surface area contributed by atoms with Crippen LogP contribution in [-0.4, -0.2) is 51.8 Å². The first kappa shape index (κ1) is 30.1. The number of anilines is 1. The van der Waals surface area contributed by atoms with Crippen LogP contribution >= 0.6 is 23.2 Å². The SMILES string of the molecule is CCOC(=O)c1c2c(n(C(C)C)c1-c1cnc(OC)nc1OC)C(c1ccc(Cl)cc1)N(c1cc(Cl)c(=O)n(C)c1)C2=O. The van der Waals surface area contributed by atoms with Gasteiger partial charge in [-0.15, -0.1) is 0 Å². The predicted octanol–water partition coefficient (Wildman–Crippen LogP) is 5.48. The molecule has 3 aromatic heterocycles. The number of carbonyl (C=O) groups is 2. The number of methoxy groups -OCH3 is 2. The van der Waals surface area contributed by atoms with Gasteiger partial charge in [0.25, 0.3) is 11.5 Å². The fraction of sp³-hybridized carbons (Fsp3) is 0.300. The molecule has 1 aliphatic rings. The van der Waals surface area contributed by atoms with Crippen LogP contribution in [0.3, 0.4) is 0 Å². The normalized spacial score (nSPS) is 14.3. The lowest BCUT2D eigenvalue weighted by atomic mass is 10.0. The highest BCUT2D eigenvalue weighted by atomic mass is 35.5. The summed E-state index contributed by atoms with van der Waals surface area (Å²) < 4.78 is 19.5. The Hall–Kier alpha value is -4.35. The number of ether oxygens (including phenoxy) is 3. The van der Waals surface area contributed by atoms with Gasteiger partial charge in [0, 0.05) is 30.5 Å². The zero-order valence-electron chi connectivity index (χ0n) is 24.3. The van der Waals surface area contributed by atoms with Crippen LogP contribution in [0.5, 0.6) is 11.9 Å². The molecule has 1 atom stereocenters. The van der Waals surface area contributed by atoms with Crippen molar-refractivity contribution in [1.82, 2.24) is 19.1 Å². The van der Waals surface area contributed by atoms with Gasteiger partial charge in [0.1, 0.15) is 11.1 Å². The second kappa shape index (κ2) is 11.7. The molecule has 0 fully saturated rings. The third-order valence-electron chi connectivity index (χ3n) is 7.14. The highest BCUT2D eigenvalue weighted by molar-refractivity contribution is 6.31. The number of hydrogen-bond acceptors (Lipinski definition) is 8. The van der Waals surface area contributed by atoms with Crippen molar-refractivity contribution >= 4 is 40.8 Å². The smallest absolute Gasteiger partial charge is 0.341 e. The lowest BCUT2D eigenvalue weighted by Gasteiger charge is -2.29. The monoisotopic (exact) mass is 625 g/mol. The van der Waals surface area contributed by atoms with Crippen LogP contribution in [0.2, 0.25) is 10.0 Å². The fourth-order valence-electron chi connectivity index (χ4n) is 5.43. The van der Waals surface area contributed by atoms with E-state index in [-0.39, 0.29) is 40.7 Å². The molecule has 0 N–H and O–H groups in total. The molecule has 5 rings (SSSR count). The van der Waals surface area contributed by atoms with Crippen LogP contribution in [0.15, 0.2) is 47.5 Å². The van der Waals surface area contributed by atoms with Crippen molar-refractivity contribution in [2.24, 2.45) is 7.05 Å². The summed E-state index contributed by atoms with van der Waals surface area (Å²) in [6, 6.07) is 7.56. The molecule has 0 saturated carbocycles. The zero-order valence-corrected chi connectivity index (χ0v) is 25.9. The van der Waals surface area contributed by atoms with Crippen molar-refractivity contribution < 1.29 is 23.8 Å². The maximum absolute atomic E-state index is 14.6. The number of pyridine rings is 1. The first-order valence-electron chi connectivity index (χ1n) is 13.4. The van der Waals surface area contributed by atoms with Crippen molar-refractivity contribution in [2.75, 3.05) is 25.7 Å². The molecule has 0 radical (unpaired) electrons. The Balaban J connectivity index is 1.92. The summed E-state index contributed by atoms with van der Waals surface area (Å²) in [7, 11) is 4.42. The van der Waals surface area contributed by atoms with E-state index in [0.29, 0.717) is 33.2 Å². The van der Waals surface area contributed by atoms with Gasteiger partial charge >= 0.3 is 12.0 Å². The molecule has 1 unspecified atom stereocenters. The number of aryl methyl sites for hydroxylation is 1. The van der Waals surface area contributed by atoms with E-state index in [9.17, 15) is 14.4 Å². The van der Waals surface area contributed by atoms with Crippen LogP contribution in [-0.2, 0) is 11.8 Å². The van der Waals surface area contributed by atoms with E-state index in [4.69, 9.17) is 37.4 Å². The molecule has 224 valence electrons. The highest BCUT2D eigenvalue weighted by Crippen LogP contribution is 2.49. The van der Waals surface area contributed by atoms with Crippen molar-refractivity contribution in [3.05, 3.63) is 85.5 Å². The maximum Gasteiger partial charge on any atom is 0.341 e. The van der Waals surface area contributed by atoms with E-state index in [1.807, 2.05) is 30.5 Å². The van der Waals surface area contributed by atoms with Crippen LogP contribution in [0.25, 0.3) is 11.3 Å². The second-order valence-corrected chi connectivity index (χ2v) is 10.9. The molecule has 43 heavy (non-hydrogen) atoms. The molecule has 4 aromatic rings. The molecule has 0 bridgehead atoms. The van der Waals surface area contributed by atoms with Crippen LogP contribution in [0.4, 0.5) is 5.69 Å². The average Bonchev–Trinajstić information content (AvgIpc) is 3.48. The third-order valence-corrected chi connectivity index (χ3v) is 7.66. The number of fused-ring (bicyclic) bond motifs is 1. The van der Waals surface area contributed by atoms with Gasteiger partial charge in [-0.25, -0.2) is 9.78 Å². The quantitative estimate of drug-likeness (QED) is 0.236. The van der Waals surface area contributed by atoms with Gasteiger partial charge in [-0.1, -0.05) is 35.3 Å². The van der Waals surface area contributed by atoms with Crippen molar-refractivity contribution in [2.45, 2.75) is 32.9 Å². The highest BCUT2D eigenvalue weighted by Gasteiger charge is 2.48. The summed E-state index contributed by atoms with van der Waals surface area (Å²) in [6.07, 6.45) is 3.02. The fourth-order valence-corrected chi connectivity index (χ4v) is 5.80. The summed E-state index contributed by atoms with van der Waals surface area (Å²) in [5.41, 5.74) is 2.11. The number of benzene rings is 1. The van der Waals surface area contributed by atoms with Gasteiger partial charge in [-0.2, -0.15) is 4.98 Å². The number of nitrogens with zero attached hydrogens (tertiary/aromatic N) is 5. The Labute approximate surface area is 257 Å². The van der Waals surface area contributed by atoms with Crippen molar-refractivity contribution in [1.29, 1.82) is 0 Å². The Morgan fingerprint density at radius 3 is 2.37 bits per heavy atom. The maximum atomic E-state index is 14.6. The van der Waals surface area contributed by atoms with Crippen molar-refractivity contribution in [3.63, 3.8) is 0 Å². The molecular weight excluding hydrogens is 597 g/mol. The molecule has 0 aliphatic carbocycles. The number of rotatable bonds is 8. The number of hydrogen-bond donors (Lipinski definition) is 0. The van der Waals surface area contributed by atoms with Crippen LogP contribution in [0.1, 0.15) is 64.8 Å². The molecule has 13 heteroatoms. The zero-order chi connectivity index (χ0) is 31.2. The number of amides is 1. The van der Waals surface area contributed by atoms with Gasteiger partial charge in [-0.3, -0.25) is 14.5 Å². The first-order chi connectivity index (χ1) is 20.5. The second-order valence-electron chi connectivity index (χ2n) is 10.0. The minimum Gasteiger partial charge on any atom is -0.480 e. The van der Waals surface area contributed by atoms with Gasteiger partial charge in [0.05, 0.1) is 54.6 Å². The summed E-state index contributed by atoms with van der Waals surface area (Å²) in [5.74, 6) is -1.04. The first-order valence-corrected chi connectivity index (χ1v) is 14.1. The van der Waals surface area contributed by atoms with E-state index in [1.54, 1.807) is 26.1 Å². The standard InChI is InChI=1S/C30H29Cl2N5O6/c1-7-43-29(40)22-21-25(36(15(2)3)24(22)19-13-33-30(42-6)34-26(19)41-5)23(16-8-10-17(31)11-9-16)37(28(21)39)18-12-20(32)27(38)35(4)14-18/h8-15,23H,7H2,1-6H3. The minimum absolute atomic E-state index is 0.0417. The molecule has 11 nitrogen and oxygen atoms in total. The largest absolute Gasteiger partial charge is 0.480 e. The Bertz CT molecular complexity index is 1770. The topological polar surface area (TPSA) is 118 Å². The van der Waals surface area contributed by atoms with Gasteiger partial charge < -0.3 is 23.3 Å². The van der Waals surface area contributed by atoms with Gasteiger partial charge in [0.15, 0.2) is 0 Å². The molecule has 1 aromatic carbocycles. The number of esters is 1. The molecule has 0 spiro atoms.